The van der Waals surface area contributed by atoms with E-state index in [-0.39, 0.29) is 11.7 Å². The minimum absolute atomic E-state index is 0.0394. The molecule has 2 aromatic rings. The Morgan fingerprint density at radius 3 is 2.57 bits per heavy atom. The largest absolute Gasteiger partial charge is 0.352 e. The van der Waals surface area contributed by atoms with E-state index in [1.165, 1.54) is 7.05 Å². The summed E-state index contributed by atoms with van der Waals surface area (Å²) in [7, 11) is -1.94. The van der Waals surface area contributed by atoms with Gasteiger partial charge in [-0.3, -0.25) is 4.79 Å². The van der Waals surface area contributed by atoms with Crippen molar-refractivity contribution in [1.82, 2.24) is 10.0 Å². The number of carbonyl (C=O) groups is 1. The molecule has 0 spiro atoms. The maximum atomic E-state index is 11.9. The zero-order valence-corrected chi connectivity index (χ0v) is 14.5. The number of thiophene rings is 1. The molecule has 1 aromatic carbocycles. The van der Waals surface area contributed by atoms with Crippen LogP contribution in [0.4, 0.5) is 0 Å². The van der Waals surface area contributed by atoms with Crippen LogP contribution in [0.2, 0.25) is 0 Å². The van der Waals surface area contributed by atoms with Crippen LogP contribution in [-0.4, -0.2) is 21.4 Å². The average molecular weight is 352 g/mol. The van der Waals surface area contributed by atoms with E-state index in [1.807, 2.05) is 29.0 Å². The van der Waals surface area contributed by atoms with E-state index in [2.05, 4.69) is 10.0 Å². The van der Waals surface area contributed by atoms with E-state index in [9.17, 15) is 13.2 Å². The van der Waals surface area contributed by atoms with Crippen molar-refractivity contribution in [2.24, 2.45) is 0 Å². The van der Waals surface area contributed by atoms with E-state index in [0.717, 1.165) is 11.1 Å². The normalized spacial score (nSPS) is 11.3. The molecule has 0 saturated carbocycles. The molecule has 2 rings (SSSR count). The first-order valence-corrected chi connectivity index (χ1v) is 9.85. The van der Waals surface area contributed by atoms with Crippen molar-refractivity contribution < 1.29 is 13.2 Å². The maximum Gasteiger partial charge on any atom is 0.220 e. The van der Waals surface area contributed by atoms with Crippen molar-refractivity contribution in [3.05, 3.63) is 57.8 Å². The molecular formula is C16H20N2O3S2. The zero-order valence-electron chi connectivity index (χ0n) is 12.9. The van der Waals surface area contributed by atoms with Crippen LogP contribution < -0.4 is 10.0 Å². The molecule has 0 unspecified atom stereocenters. The third kappa shape index (κ3) is 5.78. The third-order valence-electron chi connectivity index (χ3n) is 3.47. The van der Waals surface area contributed by atoms with Crippen LogP contribution in [0.1, 0.15) is 23.1 Å². The van der Waals surface area contributed by atoms with Crippen molar-refractivity contribution in [1.29, 1.82) is 0 Å². The second-order valence-corrected chi connectivity index (χ2v) is 7.85. The van der Waals surface area contributed by atoms with Crippen molar-refractivity contribution >= 4 is 27.3 Å². The highest BCUT2D eigenvalue weighted by atomic mass is 32.2. The summed E-state index contributed by atoms with van der Waals surface area (Å²) >= 11 is 1.62. The molecule has 0 aliphatic heterocycles. The van der Waals surface area contributed by atoms with Crippen LogP contribution in [0, 0.1) is 0 Å². The number of hydrogen-bond acceptors (Lipinski definition) is 4. The molecule has 1 amide bonds. The third-order valence-corrected chi connectivity index (χ3v) is 5.52. The number of sulfonamides is 1. The Hall–Kier alpha value is -1.70. The molecule has 0 atom stereocenters. The second-order valence-electron chi connectivity index (χ2n) is 5.14. The number of nitrogens with one attached hydrogen (secondary N) is 2. The Morgan fingerprint density at radius 2 is 1.91 bits per heavy atom. The summed E-state index contributed by atoms with van der Waals surface area (Å²) in [5, 5.41) is 6.88. The maximum absolute atomic E-state index is 11.9. The lowest BCUT2D eigenvalue weighted by molar-refractivity contribution is -0.121. The standard InChI is InChI=1S/C16H20N2O3S2/c1-17-23(20,21)12-15-5-3-2-4-14(15)10-18-16(19)7-6-13-8-9-22-11-13/h2-5,8-9,11,17H,6-7,10,12H2,1H3,(H,18,19). The van der Waals surface area contributed by atoms with E-state index in [0.29, 0.717) is 24.9 Å². The van der Waals surface area contributed by atoms with Gasteiger partial charge in [-0.1, -0.05) is 24.3 Å². The summed E-state index contributed by atoms with van der Waals surface area (Å²) in [6.45, 7) is 0.331. The number of aryl methyl sites for hydroxylation is 1. The minimum Gasteiger partial charge on any atom is -0.352 e. The lowest BCUT2D eigenvalue weighted by atomic mass is 10.1. The Bertz CT molecular complexity index is 740. The highest BCUT2D eigenvalue weighted by Gasteiger charge is 2.12. The van der Waals surface area contributed by atoms with Gasteiger partial charge in [0.1, 0.15) is 0 Å². The van der Waals surface area contributed by atoms with Gasteiger partial charge in [-0.25, -0.2) is 13.1 Å². The molecule has 1 aromatic heterocycles. The minimum atomic E-state index is -3.33. The zero-order chi connectivity index (χ0) is 16.7. The summed E-state index contributed by atoms with van der Waals surface area (Å²) in [6, 6.07) is 9.24. The Morgan fingerprint density at radius 1 is 1.17 bits per heavy atom. The first kappa shape index (κ1) is 17.7. The molecule has 23 heavy (non-hydrogen) atoms. The summed E-state index contributed by atoms with van der Waals surface area (Å²) in [5.74, 6) is -0.132. The van der Waals surface area contributed by atoms with Crippen LogP contribution in [0.5, 0.6) is 0 Å². The number of rotatable bonds is 8. The van der Waals surface area contributed by atoms with Gasteiger partial charge in [0.15, 0.2) is 0 Å². The summed E-state index contributed by atoms with van der Waals surface area (Å²) in [4.78, 5) is 11.9. The van der Waals surface area contributed by atoms with Crippen LogP contribution in [0.25, 0.3) is 0 Å². The smallest absolute Gasteiger partial charge is 0.220 e. The Labute approximate surface area is 140 Å². The SMILES string of the molecule is CNS(=O)(=O)Cc1ccccc1CNC(=O)CCc1ccsc1. The molecule has 0 bridgehead atoms. The van der Waals surface area contributed by atoms with Gasteiger partial charge in [0.2, 0.25) is 15.9 Å². The molecule has 0 aliphatic rings. The van der Waals surface area contributed by atoms with Gasteiger partial charge in [-0.2, -0.15) is 11.3 Å². The Kier molecular flexibility index (Phi) is 6.32. The molecule has 0 fully saturated rings. The monoisotopic (exact) mass is 352 g/mol. The fourth-order valence-electron chi connectivity index (χ4n) is 2.12. The number of amides is 1. The predicted molar refractivity (Wildman–Crippen MR) is 92.6 cm³/mol. The lowest BCUT2D eigenvalue weighted by Gasteiger charge is -2.11. The number of hydrogen-bond donors (Lipinski definition) is 2. The van der Waals surface area contributed by atoms with E-state index in [1.54, 1.807) is 23.5 Å². The van der Waals surface area contributed by atoms with E-state index in [4.69, 9.17) is 0 Å². The summed E-state index contributed by atoms with van der Waals surface area (Å²) in [5.41, 5.74) is 2.67. The molecule has 1 heterocycles. The average Bonchev–Trinajstić information content (AvgIpc) is 3.05. The van der Waals surface area contributed by atoms with Crippen LogP contribution in [0.3, 0.4) is 0 Å². The molecule has 124 valence electrons. The molecule has 5 nitrogen and oxygen atoms in total. The fourth-order valence-corrected chi connectivity index (χ4v) is 3.66. The van der Waals surface area contributed by atoms with Crippen LogP contribution in [0.15, 0.2) is 41.1 Å². The molecular weight excluding hydrogens is 332 g/mol. The first-order chi connectivity index (χ1) is 11.0. The van der Waals surface area contributed by atoms with Crippen LogP contribution >= 0.6 is 11.3 Å². The van der Waals surface area contributed by atoms with Crippen molar-refractivity contribution in [2.45, 2.75) is 25.1 Å². The molecule has 0 aliphatic carbocycles. The van der Waals surface area contributed by atoms with Crippen molar-refractivity contribution in [2.75, 3.05) is 7.05 Å². The van der Waals surface area contributed by atoms with Gasteiger partial charge in [0, 0.05) is 13.0 Å². The fraction of sp³-hybridized carbons (Fsp3) is 0.312. The predicted octanol–water partition coefficient (Wildman–Crippen LogP) is 2.05. The number of carbonyl (C=O) groups excluding carboxylic acids is 1. The molecule has 0 radical (unpaired) electrons. The highest BCUT2D eigenvalue weighted by Crippen LogP contribution is 2.12. The van der Waals surface area contributed by atoms with Crippen LogP contribution in [-0.2, 0) is 33.5 Å². The van der Waals surface area contributed by atoms with Gasteiger partial charge in [0.05, 0.1) is 5.75 Å². The molecule has 2 N–H and O–H groups in total. The lowest BCUT2D eigenvalue weighted by Crippen LogP contribution is -2.25. The quantitative estimate of drug-likeness (QED) is 0.763. The van der Waals surface area contributed by atoms with E-state index >= 15 is 0 Å². The second kappa shape index (κ2) is 8.24. The molecule has 7 heteroatoms. The Balaban J connectivity index is 1.91. The van der Waals surface area contributed by atoms with Crippen molar-refractivity contribution in [3.63, 3.8) is 0 Å². The van der Waals surface area contributed by atoms with Gasteiger partial charge in [-0.15, -0.1) is 0 Å². The van der Waals surface area contributed by atoms with Crippen molar-refractivity contribution in [3.8, 4) is 0 Å². The van der Waals surface area contributed by atoms with Gasteiger partial charge in [0.25, 0.3) is 0 Å². The number of benzene rings is 1. The summed E-state index contributed by atoms with van der Waals surface area (Å²) < 4.78 is 25.7. The topological polar surface area (TPSA) is 75.3 Å². The van der Waals surface area contributed by atoms with Gasteiger partial charge < -0.3 is 5.32 Å². The van der Waals surface area contributed by atoms with E-state index < -0.39 is 10.0 Å². The van der Waals surface area contributed by atoms with Gasteiger partial charge in [-0.05, 0) is 47.0 Å². The first-order valence-electron chi connectivity index (χ1n) is 7.26. The van der Waals surface area contributed by atoms with Gasteiger partial charge >= 0.3 is 0 Å². The summed E-state index contributed by atoms with van der Waals surface area (Å²) in [6.07, 6.45) is 1.14. The highest BCUT2D eigenvalue weighted by molar-refractivity contribution is 7.88. The molecule has 0 saturated heterocycles.